The van der Waals surface area contributed by atoms with Gasteiger partial charge in [0.1, 0.15) is 5.75 Å². The molecule has 8 heteroatoms. The number of rotatable bonds is 6. The van der Waals surface area contributed by atoms with Crippen molar-refractivity contribution in [1.29, 1.82) is 0 Å². The van der Waals surface area contributed by atoms with Crippen molar-refractivity contribution >= 4 is 11.8 Å². The van der Waals surface area contributed by atoms with Crippen LogP contribution < -0.4 is 10.6 Å². The molecular formula is C19H19N5O3. The van der Waals surface area contributed by atoms with Crippen molar-refractivity contribution in [1.82, 2.24) is 25.6 Å². The van der Waals surface area contributed by atoms with Gasteiger partial charge in [-0.1, -0.05) is 22.9 Å². The minimum Gasteiger partial charge on any atom is -0.508 e. The maximum Gasteiger partial charge on any atom is 0.273 e. The largest absolute Gasteiger partial charge is 0.508 e. The zero-order valence-electron chi connectivity index (χ0n) is 14.7. The van der Waals surface area contributed by atoms with Gasteiger partial charge in [0.15, 0.2) is 5.69 Å². The number of nitrogens with one attached hydrogen (secondary N) is 2. The fourth-order valence-corrected chi connectivity index (χ4v) is 2.35. The molecule has 3 N–H and O–H groups in total. The van der Waals surface area contributed by atoms with Gasteiger partial charge in [-0.2, -0.15) is 0 Å². The van der Waals surface area contributed by atoms with Gasteiger partial charge in [0.25, 0.3) is 11.8 Å². The van der Waals surface area contributed by atoms with Crippen LogP contribution in [-0.2, 0) is 0 Å². The predicted octanol–water partition coefficient (Wildman–Crippen LogP) is 1.44. The minimum absolute atomic E-state index is 0.0949. The van der Waals surface area contributed by atoms with Crippen molar-refractivity contribution < 1.29 is 14.7 Å². The Labute approximate surface area is 155 Å². The van der Waals surface area contributed by atoms with Crippen molar-refractivity contribution in [2.75, 3.05) is 13.1 Å². The van der Waals surface area contributed by atoms with E-state index in [-0.39, 0.29) is 36.3 Å². The quantitative estimate of drug-likeness (QED) is 0.573. The number of hydrogen-bond donors (Lipinski definition) is 3. The number of phenolic OH excluding ortho intramolecular Hbond substituents is 1. The summed E-state index contributed by atoms with van der Waals surface area (Å²) in [6.45, 7) is 2.50. The van der Waals surface area contributed by atoms with Gasteiger partial charge < -0.3 is 15.7 Å². The molecule has 0 aliphatic heterocycles. The maximum absolute atomic E-state index is 12.1. The monoisotopic (exact) mass is 365 g/mol. The molecule has 8 nitrogen and oxygen atoms in total. The lowest BCUT2D eigenvalue weighted by Gasteiger charge is -2.06. The summed E-state index contributed by atoms with van der Waals surface area (Å²) in [4.78, 5) is 24.1. The Morgan fingerprint density at radius 1 is 0.963 bits per heavy atom. The Hall–Kier alpha value is -3.68. The van der Waals surface area contributed by atoms with Crippen LogP contribution in [0.5, 0.6) is 5.75 Å². The average molecular weight is 365 g/mol. The fourth-order valence-electron chi connectivity index (χ4n) is 2.35. The van der Waals surface area contributed by atoms with E-state index in [0.717, 1.165) is 11.3 Å². The summed E-state index contributed by atoms with van der Waals surface area (Å²) in [5, 5.41) is 22.4. The molecule has 0 atom stereocenters. The number of carbonyl (C=O) groups is 2. The molecule has 0 fully saturated rings. The molecule has 0 aliphatic rings. The van der Waals surface area contributed by atoms with Crippen LogP contribution in [0.15, 0.2) is 54.7 Å². The Morgan fingerprint density at radius 2 is 1.59 bits per heavy atom. The molecule has 0 bridgehead atoms. The third-order valence-corrected chi connectivity index (χ3v) is 3.85. The zero-order chi connectivity index (χ0) is 19.2. The van der Waals surface area contributed by atoms with E-state index in [1.807, 2.05) is 31.2 Å². The summed E-state index contributed by atoms with van der Waals surface area (Å²) in [5.74, 6) is -0.556. The van der Waals surface area contributed by atoms with Gasteiger partial charge in [-0.25, -0.2) is 4.68 Å². The van der Waals surface area contributed by atoms with Gasteiger partial charge >= 0.3 is 0 Å². The molecular weight excluding hydrogens is 346 g/mol. The summed E-state index contributed by atoms with van der Waals surface area (Å²) in [7, 11) is 0. The van der Waals surface area contributed by atoms with Crippen molar-refractivity contribution in [2.24, 2.45) is 0 Å². The number of aromatic hydroxyl groups is 1. The van der Waals surface area contributed by atoms with E-state index in [1.54, 1.807) is 6.20 Å². The van der Waals surface area contributed by atoms with Crippen molar-refractivity contribution in [3.63, 3.8) is 0 Å². The molecule has 0 saturated heterocycles. The lowest BCUT2D eigenvalue weighted by molar-refractivity contribution is 0.0925. The first-order valence-electron chi connectivity index (χ1n) is 8.38. The normalized spacial score (nSPS) is 10.4. The highest BCUT2D eigenvalue weighted by molar-refractivity contribution is 5.94. The van der Waals surface area contributed by atoms with E-state index in [0.29, 0.717) is 5.56 Å². The third kappa shape index (κ3) is 4.69. The van der Waals surface area contributed by atoms with E-state index < -0.39 is 0 Å². The number of nitrogens with zero attached hydrogens (tertiary/aromatic N) is 3. The second-order valence-electron chi connectivity index (χ2n) is 5.94. The lowest BCUT2D eigenvalue weighted by atomic mass is 10.2. The van der Waals surface area contributed by atoms with Gasteiger partial charge in [-0.15, -0.1) is 5.10 Å². The summed E-state index contributed by atoms with van der Waals surface area (Å²) < 4.78 is 1.53. The highest BCUT2D eigenvalue weighted by atomic mass is 16.3. The number of amides is 2. The molecule has 0 spiro atoms. The van der Waals surface area contributed by atoms with E-state index in [4.69, 9.17) is 0 Å². The second-order valence-corrected chi connectivity index (χ2v) is 5.94. The van der Waals surface area contributed by atoms with Crippen LogP contribution in [0, 0.1) is 6.92 Å². The van der Waals surface area contributed by atoms with E-state index in [9.17, 15) is 14.7 Å². The standard InChI is InChI=1S/C19H19N5O3/c1-13-2-6-15(7-3-13)24-12-17(22-23-24)19(27)21-11-10-20-18(26)14-4-8-16(25)9-5-14/h2-9,12,25H,10-11H2,1H3,(H,20,26)(H,21,27). The third-order valence-electron chi connectivity index (χ3n) is 3.85. The molecule has 0 radical (unpaired) electrons. The Bertz CT molecular complexity index is 933. The van der Waals surface area contributed by atoms with Gasteiger partial charge in [-0.3, -0.25) is 9.59 Å². The van der Waals surface area contributed by atoms with Gasteiger partial charge in [-0.05, 0) is 43.3 Å². The zero-order valence-corrected chi connectivity index (χ0v) is 14.7. The first-order chi connectivity index (χ1) is 13.0. The summed E-state index contributed by atoms with van der Waals surface area (Å²) in [5.41, 5.74) is 2.57. The molecule has 27 heavy (non-hydrogen) atoms. The highest BCUT2D eigenvalue weighted by Crippen LogP contribution is 2.09. The molecule has 138 valence electrons. The topological polar surface area (TPSA) is 109 Å². The fraction of sp³-hybridized carbons (Fsp3) is 0.158. The lowest BCUT2D eigenvalue weighted by Crippen LogP contribution is -2.34. The first kappa shape index (κ1) is 18.1. The average Bonchev–Trinajstić information content (AvgIpc) is 3.16. The predicted molar refractivity (Wildman–Crippen MR) is 98.9 cm³/mol. The van der Waals surface area contributed by atoms with Gasteiger partial charge in [0, 0.05) is 18.7 Å². The van der Waals surface area contributed by atoms with Crippen LogP contribution in [-0.4, -0.2) is 45.0 Å². The molecule has 0 saturated carbocycles. The molecule has 3 aromatic rings. The van der Waals surface area contributed by atoms with Crippen molar-refractivity contribution in [3.8, 4) is 11.4 Å². The van der Waals surface area contributed by atoms with Gasteiger partial charge in [0.2, 0.25) is 0 Å². The minimum atomic E-state index is -0.368. The van der Waals surface area contributed by atoms with Crippen LogP contribution in [0.2, 0.25) is 0 Å². The molecule has 1 aromatic heterocycles. The molecule has 0 aliphatic carbocycles. The second kappa shape index (κ2) is 8.13. The summed E-state index contributed by atoms with van der Waals surface area (Å²) in [6.07, 6.45) is 1.55. The summed E-state index contributed by atoms with van der Waals surface area (Å²) >= 11 is 0. The molecule has 1 heterocycles. The molecule has 3 rings (SSSR count). The SMILES string of the molecule is Cc1ccc(-n2cc(C(=O)NCCNC(=O)c3ccc(O)cc3)nn2)cc1. The molecule has 0 unspecified atom stereocenters. The smallest absolute Gasteiger partial charge is 0.273 e. The van der Waals surface area contributed by atoms with E-state index >= 15 is 0 Å². The first-order valence-corrected chi connectivity index (χ1v) is 8.38. The maximum atomic E-state index is 12.1. The molecule has 2 aromatic carbocycles. The number of hydrogen-bond acceptors (Lipinski definition) is 5. The van der Waals surface area contributed by atoms with Gasteiger partial charge in [0.05, 0.1) is 11.9 Å². The Balaban J connectivity index is 1.47. The van der Waals surface area contributed by atoms with Crippen LogP contribution in [0.25, 0.3) is 5.69 Å². The van der Waals surface area contributed by atoms with Crippen molar-refractivity contribution in [3.05, 3.63) is 71.5 Å². The Morgan fingerprint density at radius 3 is 2.26 bits per heavy atom. The number of phenols is 1. The van der Waals surface area contributed by atoms with Crippen LogP contribution >= 0.6 is 0 Å². The number of aromatic nitrogens is 3. The number of benzene rings is 2. The van der Waals surface area contributed by atoms with Crippen LogP contribution in [0.1, 0.15) is 26.4 Å². The summed E-state index contributed by atoms with van der Waals surface area (Å²) in [6, 6.07) is 13.6. The number of carbonyl (C=O) groups excluding carboxylic acids is 2. The van der Waals surface area contributed by atoms with Crippen LogP contribution in [0.3, 0.4) is 0 Å². The Kier molecular flexibility index (Phi) is 5.46. The van der Waals surface area contributed by atoms with E-state index in [2.05, 4.69) is 20.9 Å². The highest BCUT2D eigenvalue weighted by Gasteiger charge is 2.11. The molecule has 2 amide bonds. The number of aryl methyl sites for hydroxylation is 1. The van der Waals surface area contributed by atoms with E-state index in [1.165, 1.54) is 28.9 Å². The van der Waals surface area contributed by atoms with Crippen LogP contribution in [0.4, 0.5) is 0 Å². The van der Waals surface area contributed by atoms with Crippen molar-refractivity contribution in [2.45, 2.75) is 6.92 Å².